The second-order valence-corrected chi connectivity index (χ2v) is 5.34. The van der Waals surface area contributed by atoms with Gasteiger partial charge in [0.2, 0.25) is 0 Å². The van der Waals surface area contributed by atoms with E-state index in [0.29, 0.717) is 6.61 Å². The van der Waals surface area contributed by atoms with Gasteiger partial charge in [-0.05, 0) is 51.2 Å². The molecule has 0 saturated carbocycles. The van der Waals surface area contributed by atoms with Crippen molar-refractivity contribution in [3.05, 3.63) is 0 Å². The minimum atomic E-state index is 0.354. The van der Waals surface area contributed by atoms with E-state index in [9.17, 15) is 0 Å². The molecule has 3 saturated heterocycles. The fourth-order valence-electron chi connectivity index (χ4n) is 3.07. The maximum atomic E-state index is 8.68. The molecule has 2 N–H and O–H groups in total. The van der Waals surface area contributed by atoms with Crippen LogP contribution in [0.4, 0.5) is 0 Å². The molecule has 16 heavy (non-hydrogen) atoms. The molecule has 1 atom stereocenters. The van der Waals surface area contributed by atoms with Crippen molar-refractivity contribution in [3.8, 4) is 0 Å². The first-order chi connectivity index (χ1) is 7.90. The van der Waals surface area contributed by atoms with Gasteiger partial charge >= 0.3 is 0 Å². The second kappa shape index (κ2) is 6.58. The summed E-state index contributed by atoms with van der Waals surface area (Å²) in [5, 5.41) is 12.4. The summed E-state index contributed by atoms with van der Waals surface area (Å²) in [7, 11) is 0. The van der Waals surface area contributed by atoms with Crippen molar-refractivity contribution in [1.29, 1.82) is 0 Å². The van der Waals surface area contributed by atoms with Crippen molar-refractivity contribution in [2.75, 3.05) is 32.8 Å². The third kappa shape index (κ3) is 3.44. The first-order valence-electron chi connectivity index (χ1n) is 6.97. The fourth-order valence-corrected chi connectivity index (χ4v) is 3.07. The molecule has 3 fully saturated rings. The Bertz CT molecular complexity index is 190. The van der Waals surface area contributed by atoms with Crippen LogP contribution in [0, 0.1) is 5.92 Å². The topological polar surface area (TPSA) is 35.5 Å². The molecule has 3 aliphatic rings. The summed E-state index contributed by atoms with van der Waals surface area (Å²) in [4.78, 5) is 2.60. The van der Waals surface area contributed by atoms with Crippen LogP contribution in [0.15, 0.2) is 0 Å². The molecule has 3 heterocycles. The summed E-state index contributed by atoms with van der Waals surface area (Å²) in [5.74, 6) is 0.947. The van der Waals surface area contributed by atoms with Gasteiger partial charge in [-0.15, -0.1) is 0 Å². The Kier molecular flexibility index (Phi) is 5.07. The van der Waals surface area contributed by atoms with Gasteiger partial charge in [0.25, 0.3) is 0 Å². The van der Waals surface area contributed by atoms with Gasteiger partial charge < -0.3 is 15.3 Å². The molecule has 0 spiro atoms. The number of hydrogen-bond donors (Lipinski definition) is 2. The van der Waals surface area contributed by atoms with Crippen LogP contribution in [0.5, 0.6) is 0 Å². The van der Waals surface area contributed by atoms with Gasteiger partial charge in [-0.3, -0.25) is 0 Å². The number of nitrogens with zero attached hydrogens (tertiary/aromatic N) is 1. The van der Waals surface area contributed by atoms with E-state index in [1.54, 1.807) is 0 Å². The van der Waals surface area contributed by atoms with Crippen molar-refractivity contribution in [3.63, 3.8) is 0 Å². The van der Waals surface area contributed by atoms with Crippen molar-refractivity contribution in [1.82, 2.24) is 10.2 Å². The summed E-state index contributed by atoms with van der Waals surface area (Å²) in [5.41, 5.74) is 0. The Hall–Kier alpha value is -0.120. The molecular weight excluding hydrogens is 200 g/mol. The van der Waals surface area contributed by atoms with E-state index >= 15 is 0 Å². The van der Waals surface area contributed by atoms with Crippen LogP contribution in [0.3, 0.4) is 0 Å². The molecule has 0 radical (unpaired) electrons. The predicted molar refractivity (Wildman–Crippen MR) is 66.5 cm³/mol. The highest BCUT2D eigenvalue weighted by atomic mass is 16.2. The van der Waals surface area contributed by atoms with E-state index in [2.05, 4.69) is 10.2 Å². The van der Waals surface area contributed by atoms with Crippen LogP contribution in [0.1, 0.15) is 38.5 Å². The molecule has 2 bridgehead atoms. The largest absolute Gasteiger partial charge is 0.396 e. The molecule has 0 amide bonds. The lowest BCUT2D eigenvalue weighted by atomic mass is 9.84. The third-order valence-corrected chi connectivity index (χ3v) is 4.15. The minimum Gasteiger partial charge on any atom is -0.396 e. The molecule has 1 unspecified atom stereocenters. The summed E-state index contributed by atoms with van der Waals surface area (Å²) in [6.07, 6.45) is 7.49. The Morgan fingerprint density at radius 3 is 2.44 bits per heavy atom. The minimum absolute atomic E-state index is 0.354. The molecule has 0 aromatic carbocycles. The molecule has 0 aliphatic carbocycles. The highest BCUT2D eigenvalue weighted by molar-refractivity contribution is 4.90. The number of piperidine rings is 3. The molecule has 3 rings (SSSR count). The Morgan fingerprint density at radius 1 is 1.06 bits per heavy atom. The van der Waals surface area contributed by atoms with Crippen LogP contribution in [0.2, 0.25) is 0 Å². The number of rotatable bonds is 7. The normalized spacial score (nSPS) is 33.2. The molecule has 94 valence electrons. The van der Waals surface area contributed by atoms with Crippen molar-refractivity contribution < 1.29 is 5.11 Å². The Balaban J connectivity index is 1.53. The standard InChI is InChI=1S/C13H26N2O/c16-10-4-2-1-3-7-14-13-11-15-8-5-12(13)6-9-15/h12-14,16H,1-11H2. The molecular formula is C13H26N2O. The van der Waals surface area contributed by atoms with Crippen LogP contribution in [-0.2, 0) is 0 Å². The predicted octanol–water partition coefficient (Wildman–Crippen LogP) is 1.22. The summed E-state index contributed by atoms with van der Waals surface area (Å²) < 4.78 is 0. The van der Waals surface area contributed by atoms with Crippen LogP contribution >= 0.6 is 0 Å². The van der Waals surface area contributed by atoms with Gasteiger partial charge in [-0.25, -0.2) is 0 Å². The SMILES string of the molecule is OCCCCCCNC1CN2CCC1CC2. The smallest absolute Gasteiger partial charge is 0.0431 e. The number of nitrogens with one attached hydrogen (secondary N) is 1. The quantitative estimate of drug-likeness (QED) is 0.641. The Morgan fingerprint density at radius 2 is 1.81 bits per heavy atom. The van der Waals surface area contributed by atoms with Gasteiger partial charge in [0.05, 0.1) is 0 Å². The molecule has 3 aliphatic heterocycles. The van der Waals surface area contributed by atoms with E-state index in [1.807, 2.05) is 0 Å². The zero-order chi connectivity index (χ0) is 11.2. The van der Waals surface area contributed by atoms with E-state index in [-0.39, 0.29) is 0 Å². The van der Waals surface area contributed by atoms with E-state index < -0.39 is 0 Å². The molecule has 3 nitrogen and oxygen atoms in total. The van der Waals surface area contributed by atoms with Gasteiger partial charge in [-0.1, -0.05) is 12.8 Å². The van der Waals surface area contributed by atoms with E-state index in [0.717, 1.165) is 18.4 Å². The van der Waals surface area contributed by atoms with Gasteiger partial charge in [0, 0.05) is 19.2 Å². The second-order valence-electron chi connectivity index (χ2n) is 5.34. The zero-order valence-corrected chi connectivity index (χ0v) is 10.3. The summed E-state index contributed by atoms with van der Waals surface area (Å²) in [6, 6.07) is 0.764. The average Bonchev–Trinajstić information content (AvgIpc) is 2.35. The maximum absolute atomic E-state index is 8.68. The first kappa shape index (κ1) is 12.3. The van der Waals surface area contributed by atoms with Crippen molar-refractivity contribution >= 4 is 0 Å². The number of fused-ring (bicyclic) bond motifs is 3. The summed E-state index contributed by atoms with van der Waals surface area (Å²) in [6.45, 7) is 5.47. The fraction of sp³-hybridized carbons (Fsp3) is 1.00. The van der Waals surface area contributed by atoms with Crippen LogP contribution in [-0.4, -0.2) is 48.8 Å². The number of unbranched alkanes of at least 4 members (excludes halogenated alkanes) is 3. The lowest BCUT2D eigenvalue weighted by Gasteiger charge is -2.45. The average molecular weight is 226 g/mol. The highest BCUT2D eigenvalue weighted by Gasteiger charge is 2.33. The number of hydrogen-bond acceptors (Lipinski definition) is 3. The Labute approximate surface area is 99.2 Å². The molecule has 3 heteroatoms. The van der Waals surface area contributed by atoms with Gasteiger partial charge in [0.1, 0.15) is 0 Å². The maximum Gasteiger partial charge on any atom is 0.0431 e. The first-order valence-corrected chi connectivity index (χ1v) is 6.97. The monoisotopic (exact) mass is 226 g/mol. The van der Waals surface area contributed by atoms with Crippen LogP contribution in [0.25, 0.3) is 0 Å². The lowest BCUT2D eigenvalue weighted by Crippen LogP contribution is -2.56. The molecule has 0 aromatic heterocycles. The van der Waals surface area contributed by atoms with Crippen molar-refractivity contribution in [2.24, 2.45) is 5.92 Å². The third-order valence-electron chi connectivity index (χ3n) is 4.15. The zero-order valence-electron chi connectivity index (χ0n) is 10.3. The van der Waals surface area contributed by atoms with Gasteiger partial charge in [0.15, 0.2) is 0 Å². The lowest BCUT2D eigenvalue weighted by molar-refractivity contribution is 0.0727. The van der Waals surface area contributed by atoms with Crippen molar-refractivity contribution in [2.45, 2.75) is 44.6 Å². The van der Waals surface area contributed by atoms with E-state index in [4.69, 9.17) is 5.11 Å². The van der Waals surface area contributed by atoms with E-state index in [1.165, 1.54) is 58.3 Å². The summed E-state index contributed by atoms with van der Waals surface area (Å²) >= 11 is 0. The number of aliphatic hydroxyl groups excluding tert-OH is 1. The van der Waals surface area contributed by atoms with Gasteiger partial charge in [-0.2, -0.15) is 0 Å². The highest BCUT2D eigenvalue weighted by Crippen LogP contribution is 2.27. The molecule has 0 aromatic rings. The van der Waals surface area contributed by atoms with Crippen LogP contribution < -0.4 is 5.32 Å². The number of aliphatic hydroxyl groups is 1.